The minimum absolute atomic E-state index is 0.113. The van der Waals surface area contributed by atoms with E-state index in [4.69, 9.17) is 11.6 Å². The summed E-state index contributed by atoms with van der Waals surface area (Å²) >= 11 is 7.73. The number of carbonyl (C=O) groups is 1. The maximum absolute atomic E-state index is 12.5. The van der Waals surface area contributed by atoms with Crippen LogP contribution >= 0.6 is 22.9 Å². The Balaban J connectivity index is 2.57. The molecule has 2 nitrogen and oxygen atoms in total. The molecule has 1 aromatic heterocycles. The smallest absolute Gasteiger partial charge is 0.197 e. The molecule has 0 spiro atoms. The zero-order valence-electron chi connectivity index (χ0n) is 10.1. The molecule has 4 heteroatoms. The highest BCUT2D eigenvalue weighted by Gasteiger charge is 2.14. The minimum Gasteiger partial charge on any atom is -0.294 e. The maximum Gasteiger partial charge on any atom is 0.197 e. The molecule has 19 heavy (non-hydrogen) atoms. The van der Waals surface area contributed by atoms with Gasteiger partial charge in [0.2, 0.25) is 0 Å². The number of rotatable bonds is 1. The Morgan fingerprint density at radius 2 is 1.84 bits per heavy atom. The Bertz CT molecular complexity index is 880. The first-order chi connectivity index (χ1) is 9.09. The van der Waals surface area contributed by atoms with E-state index in [-0.39, 0.29) is 16.2 Å². The van der Waals surface area contributed by atoms with Crippen molar-refractivity contribution in [1.29, 1.82) is 0 Å². The number of benzene rings is 2. The largest absolute Gasteiger partial charge is 0.294 e. The van der Waals surface area contributed by atoms with Crippen LogP contribution in [0.3, 0.4) is 0 Å². The molecule has 0 saturated carbocycles. The summed E-state index contributed by atoms with van der Waals surface area (Å²) in [5, 5.41) is 1.35. The highest BCUT2D eigenvalue weighted by Crippen LogP contribution is 2.31. The number of carbonyl (C=O) groups excluding carboxylic acids is 1. The van der Waals surface area contributed by atoms with Gasteiger partial charge in [0, 0.05) is 20.3 Å². The van der Waals surface area contributed by atoms with Gasteiger partial charge in [-0.05, 0) is 31.2 Å². The lowest BCUT2D eigenvalue weighted by Gasteiger charge is -2.05. The number of halogens is 1. The van der Waals surface area contributed by atoms with Crippen molar-refractivity contribution < 1.29 is 4.79 Å². The molecular formula is C15H9ClO2S. The molecule has 0 amide bonds. The van der Waals surface area contributed by atoms with E-state index in [1.165, 1.54) is 18.3 Å². The molecule has 1 heterocycles. The first-order valence-corrected chi connectivity index (χ1v) is 6.94. The van der Waals surface area contributed by atoms with Crippen molar-refractivity contribution in [1.82, 2.24) is 0 Å². The van der Waals surface area contributed by atoms with Crippen LogP contribution in [0.25, 0.3) is 20.2 Å². The Hall–Kier alpha value is -1.71. The molecule has 0 radical (unpaired) electrons. The number of hydrogen-bond donors (Lipinski definition) is 0. The SMILES string of the molecule is CC(=O)c1ccc2sc3ccccc3c(=O)c2c1Cl. The summed E-state index contributed by atoms with van der Waals surface area (Å²) < 4.78 is 1.73. The number of Topliss-reactive ketones (excluding diaryl/α,β-unsaturated/α-hetero) is 1. The molecule has 0 N–H and O–H groups in total. The van der Waals surface area contributed by atoms with E-state index >= 15 is 0 Å². The van der Waals surface area contributed by atoms with Gasteiger partial charge in [0.1, 0.15) is 0 Å². The molecule has 0 atom stereocenters. The van der Waals surface area contributed by atoms with Gasteiger partial charge >= 0.3 is 0 Å². The van der Waals surface area contributed by atoms with Crippen molar-refractivity contribution in [2.24, 2.45) is 0 Å². The summed E-state index contributed by atoms with van der Waals surface area (Å²) in [5.41, 5.74) is 0.284. The topological polar surface area (TPSA) is 34.1 Å². The lowest BCUT2D eigenvalue weighted by molar-refractivity contribution is 0.101. The molecule has 94 valence electrons. The monoisotopic (exact) mass is 288 g/mol. The highest BCUT2D eigenvalue weighted by molar-refractivity contribution is 7.24. The van der Waals surface area contributed by atoms with Crippen LogP contribution in [0.1, 0.15) is 17.3 Å². The second-order valence-corrected chi connectivity index (χ2v) is 5.75. The summed E-state index contributed by atoms with van der Waals surface area (Å²) in [6.45, 7) is 1.45. The molecular weight excluding hydrogens is 280 g/mol. The van der Waals surface area contributed by atoms with Crippen LogP contribution in [0.5, 0.6) is 0 Å². The highest BCUT2D eigenvalue weighted by atomic mass is 35.5. The molecule has 0 unspecified atom stereocenters. The number of ketones is 1. The predicted octanol–water partition coefficient (Wildman–Crippen LogP) is 4.27. The van der Waals surface area contributed by atoms with Crippen LogP contribution in [-0.4, -0.2) is 5.78 Å². The van der Waals surface area contributed by atoms with Crippen molar-refractivity contribution in [2.75, 3.05) is 0 Å². The Morgan fingerprint density at radius 3 is 2.58 bits per heavy atom. The lowest BCUT2D eigenvalue weighted by Crippen LogP contribution is -2.04. The predicted molar refractivity (Wildman–Crippen MR) is 80.6 cm³/mol. The van der Waals surface area contributed by atoms with Crippen LogP contribution in [0.2, 0.25) is 5.02 Å². The fourth-order valence-electron chi connectivity index (χ4n) is 2.12. The Morgan fingerprint density at radius 1 is 1.11 bits per heavy atom. The molecule has 0 fully saturated rings. The van der Waals surface area contributed by atoms with Crippen molar-refractivity contribution >= 4 is 48.9 Å². The van der Waals surface area contributed by atoms with Crippen LogP contribution in [0.15, 0.2) is 41.2 Å². The first kappa shape index (κ1) is 12.3. The summed E-state index contributed by atoms with van der Waals surface area (Å²) in [6, 6.07) is 10.9. The van der Waals surface area contributed by atoms with Crippen molar-refractivity contribution in [3.05, 3.63) is 57.2 Å². The molecule has 0 saturated heterocycles. The van der Waals surface area contributed by atoms with Gasteiger partial charge in [0.15, 0.2) is 11.2 Å². The van der Waals surface area contributed by atoms with E-state index in [2.05, 4.69) is 0 Å². The van der Waals surface area contributed by atoms with Gasteiger partial charge in [-0.3, -0.25) is 9.59 Å². The second-order valence-electron chi connectivity index (χ2n) is 4.28. The standard InChI is InChI=1S/C15H9ClO2S/c1-8(17)9-6-7-12-13(14(9)16)15(18)10-4-2-3-5-11(10)19-12/h2-7H,1H3. The second kappa shape index (κ2) is 4.44. The summed E-state index contributed by atoms with van der Waals surface area (Å²) in [7, 11) is 0. The zero-order chi connectivity index (χ0) is 13.6. The summed E-state index contributed by atoms with van der Waals surface area (Å²) in [5.74, 6) is -0.135. The summed E-state index contributed by atoms with van der Waals surface area (Å²) in [4.78, 5) is 24.0. The van der Waals surface area contributed by atoms with Crippen LogP contribution in [0, 0.1) is 0 Å². The third-order valence-corrected chi connectivity index (χ3v) is 4.59. The van der Waals surface area contributed by atoms with Crippen molar-refractivity contribution in [3.8, 4) is 0 Å². The van der Waals surface area contributed by atoms with Crippen molar-refractivity contribution in [2.45, 2.75) is 6.92 Å². The van der Waals surface area contributed by atoms with E-state index in [0.717, 1.165) is 9.40 Å². The van der Waals surface area contributed by atoms with E-state index in [0.29, 0.717) is 16.3 Å². The van der Waals surface area contributed by atoms with Gasteiger partial charge in [0.05, 0.1) is 10.4 Å². The van der Waals surface area contributed by atoms with Crippen molar-refractivity contribution in [3.63, 3.8) is 0 Å². The fourth-order valence-corrected chi connectivity index (χ4v) is 3.65. The molecule has 0 aliphatic heterocycles. The average Bonchev–Trinajstić information content (AvgIpc) is 2.38. The third kappa shape index (κ3) is 1.86. The molecule has 0 aliphatic carbocycles. The summed E-state index contributed by atoms with van der Waals surface area (Å²) in [6.07, 6.45) is 0. The minimum atomic E-state index is -0.135. The molecule has 0 bridgehead atoms. The fraction of sp³-hybridized carbons (Fsp3) is 0.0667. The molecule has 3 rings (SSSR count). The van der Waals surface area contributed by atoms with E-state index in [1.807, 2.05) is 18.2 Å². The van der Waals surface area contributed by atoms with Gasteiger partial charge in [-0.15, -0.1) is 11.3 Å². The van der Waals surface area contributed by atoms with Gasteiger partial charge < -0.3 is 0 Å². The van der Waals surface area contributed by atoms with E-state index < -0.39 is 0 Å². The quantitative estimate of drug-likeness (QED) is 0.495. The Labute approximate surface area is 118 Å². The Kier molecular flexibility index (Phi) is 2.88. The lowest BCUT2D eigenvalue weighted by atomic mass is 10.1. The van der Waals surface area contributed by atoms with Crippen LogP contribution < -0.4 is 5.43 Å². The van der Waals surface area contributed by atoms with Crippen LogP contribution in [-0.2, 0) is 0 Å². The average molecular weight is 289 g/mol. The molecule has 3 aromatic rings. The van der Waals surface area contributed by atoms with Gasteiger partial charge in [-0.2, -0.15) is 0 Å². The van der Waals surface area contributed by atoms with Crippen LogP contribution in [0.4, 0.5) is 0 Å². The van der Waals surface area contributed by atoms with Gasteiger partial charge in [-0.1, -0.05) is 23.7 Å². The third-order valence-electron chi connectivity index (χ3n) is 3.06. The van der Waals surface area contributed by atoms with E-state index in [9.17, 15) is 9.59 Å². The first-order valence-electron chi connectivity index (χ1n) is 5.74. The maximum atomic E-state index is 12.5. The molecule has 0 aliphatic rings. The number of hydrogen-bond acceptors (Lipinski definition) is 3. The van der Waals surface area contributed by atoms with Gasteiger partial charge in [-0.25, -0.2) is 0 Å². The van der Waals surface area contributed by atoms with E-state index in [1.54, 1.807) is 18.2 Å². The zero-order valence-corrected chi connectivity index (χ0v) is 11.6. The number of fused-ring (bicyclic) bond motifs is 2. The molecule has 2 aromatic carbocycles. The van der Waals surface area contributed by atoms with Gasteiger partial charge in [0.25, 0.3) is 0 Å². The normalized spacial score (nSPS) is 11.1.